The lowest BCUT2D eigenvalue weighted by Crippen LogP contribution is -2.13. The third-order valence-corrected chi connectivity index (χ3v) is 3.67. The molecule has 7 heteroatoms. The molecule has 0 bridgehead atoms. The lowest BCUT2D eigenvalue weighted by molar-refractivity contribution is 0.0695. The predicted octanol–water partition coefficient (Wildman–Crippen LogP) is 0.847. The van der Waals surface area contributed by atoms with E-state index in [1.165, 1.54) is 20.1 Å². The Morgan fingerprint density at radius 1 is 1.53 bits per heavy atom. The highest BCUT2D eigenvalue weighted by Crippen LogP contribution is 2.17. The maximum absolute atomic E-state index is 11.6. The van der Waals surface area contributed by atoms with Crippen LogP contribution in [0.4, 0.5) is 0 Å². The molecular formula is C10H14O6S. The van der Waals surface area contributed by atoms with Crippen molar-refractivity contribution in [1.29, 1.82) is 0 Å². The van der Waals surface area contributed by atoms with E-state index in [1.807, 2.05) is 0 Å². The van der Waals surface area contributed by atoms with E-state index in [9.17, 15) is 13.2 Å². The zero-order valence-corrected chi connectivity index (χ0v) is 10.4. The van der Waals surface area contributed by atoms with Gasteiger partial charge < -0.3 is 14.3 Å². The Hall–Kier alpha value is -1.34. The first kappa shape index (κ1) is 13.7. The largest absolute Gasteiger partial charge is 0.478 e. The van der Waals surface area contributed by atoms with Crippen LogP contribution in [0, 0.1) is 6.92 Å². The third-order valence-electron chi connectivity index (χ3n) is 2.16. The Kier molecular flexibility index (Phi) is 4.30. The minimum absolute atomic E-state index is 0.0121. The van der Waals surface area contributed by atoms with Crippen molar-refractivity contribution in [2.45, 2.75) is 12.7 Å². The van der Waals surface area contributed by atoms with Gasteiger partial charge in [0.05, 0.1) is 12.4 Å². The fraction of sp³-hybridized carbons (Fsp3) is 0.500. The second kappa shape index (κ2) is 5.33. The zero-order valence-electron chi connectivity index (χ0n) is 9.60. The second-order valence-electron chi connectivity index (χ2n) is 3.57. The number of aryl methyl sites for hydroxylation is 1. The molecule has 0 atom stereocenters. The fourth-order valence-electron chi connectivity index (χ4n) is 1.33. The van der Waals surface area contributed by atoms with Crippen LogP contribution in [-0.2, 0) is 20.3 Å². The van der Waals surface area contributed by atoms with Gasteiger partial charge >= 0.3 is 5.97 Å². The first-order valence-electron chi connectivity index (χ1n) is 4.87. The van der Waals surface area contributed by atoms with E-state index in [1.54, 1.807) is 0 Å². The Morgan fingerprint density at radius 2 is 2.18 bits per heavy atom. The number of ether oxygens (including phenoxy) is 1. The predicted molar refractivity (Wildman–Crippen MR) is 59.8 cm³/mol. The summed E-state index contributed by atoms with van der Waals surface area (Å²) in [5.74, 6) is -1.23. The number of furan rings is 1. The number of sulfone groups is 1. The van der Waals surface area contributed by atoms with Crippen LogP contribution >= 0.6 is 0 Å². The van der Waals surface area contributed by atoms with Gasteiger partial charge in [-0.25, -0.2) is 13.2 Å². The van der Waals surface area contributed by atoms with E-state index in [2.05, 4.69) is 4.74 Å². The van der Waals surface area contributed by atoms with Gasteiger partial charge in [0.15, 0.2) is 9.84 Å². The van der Waals surface area contributed by atoms with Crippen molar-refractivity contribution in [3.8, 4) is 0 Å². The maximum Gasteiger partial charge on any atom is 0.339 e. The van der Waals surface area contributed by atoms with Crippen LogP contribution in [0.2, 0.25) is 0 Å². The van der Waals surface area contributed by atoms with Crippen LogP contribution in [0.15, 0.2) is 10.5 Å². The molecule has 0 spiro atoms. The SMILES string of the molecule is COCCS(=O)(=O)Cc1cc(C(=O)O)c(C)o1. The molecule has 0 aliphatic heterocycles. The van der Waals surface area contributed by atoms with Gasteiger partial charge in [0.1, 0.15) is 22.8 Å². The van der Waals surface area contributed by atoms with Crippen molar-refractivity contribution in [2.24, 2.45) is 0 Å². The van der Waals surface area contributed by atoms with Crippen LogP contribution in [0.25, 0.3) is 0 Å². The van der Waals surface area contributed by atoms with E-state index in [0.29, 0.717) is 0 Å². The van der Waals surface area contributed by atoms with Crippen LogP contribution in [-0.4, -0.2) is 39.0 Å². The van der Waals surface area contributed by atoms with Gasteiger partial charge in [-0.2, -0.15) is 0 Å². The van der Waals surface area contributed by atoms with Crippen LogP contribution in [0.1, 0.15) is 21.9 Å². The Morgan fingerprint density at radius 3 is 2.65 bits per heavy atom. The highest BCUT2D eigenvalue weighted by molar-refractivity contribution is 7.90. The molecule has 1 N–H and O–H groups in total. The Bertz CT molecular complexity index is 499. The summed E-state index contributed by atoms with van der Waals surface area (Å²) in [5, 5.41) is 8.79. The van der Waals surface area contributed by atoms with Crippen molar-refractivity contribution < 1.29 is 27.5 Å². The standard InChI is InChI=1S/C10H14O6S/c1-7-9(10(11)12)5-8(16-7)6-17(13,14)4-3-15-2/h5H,3-4,6H2,1-2H3,(H,11,12). The zero-order chi connectivity index (χ0) is 13.1. The van der Waals surface area contributed by atoms with Gasteiger partial charge in [-0.1, -0.05) is 0 Å². The molecule has 1 rings (SSSR count). The average Bonchev–Trinajstić information content (AvgIpc) is 2.55. The number of rotatable bonds is 6. The summed E-state index contributed by atoms with van der Waals surface area (Å²) < 4.78 is 32.9. The molecule has 0 saturated carbocycles. The monoisotopic (exact) mass is 262 g/mol. The molecule has 96 valence electrons. The van der Waals surface area contributed by atoms with Gasteiger partial charge in [-0.15, -0.1) is 0 Å². The van der Waals surface area contributed by atoms with Gasteiger partial charge in [0.25, 0.3) is 0 Å². The molecule has 0 aliphatic carbocycles. The normalized spacial score (nSPS) is 11.6. The maximum atomic E-state index is 11.6. The quantitative estimate of drug-likeness (QED) is 0.816. The average molecular weight is 262 g/mol. The van der Waals surface area contributed by atoms with Crippen LogP contribution < -0.4 is 0 Å². The number of carbonyl (C=O) groups is 1. The molecular weight excluding hydrogens is 248 g/mol. The molecule has 1 heterocycles. The van der Waals surface area contributed by atoms with Gasteiger partial charge in [0, 0.05) is 7.11 Å². The lowest BCUT2D eigenvalue weighted by atomic mass is 10.2. The number of methoxy groups -OCH3 is 1. The number of hydrogen-bond acceptors (Lipinski definition) is 5. The van der Waals surface area contributed by atoms with Crippen molar-refractivity contribution in [2.75, 3.05) is 19.5 Å². The number of carboxylic acid groups (broad SMARTS) is 1. The molecule has 0 radical (unpaired) electrons. The summed E-state index contributed by atoms with van der Waals surface area (Å²) in [5.41, 5.74) is -0.0121. The van der Waals surface area contributed by atoms with Crippen LogP contribution in [0.3, 0.4) is 0 Å². The number of hydrogen-bond donors (Lipinski definition) is 1. The van der Waals surface area contributed by atoms with Gasteiger partial charge in [-0.3, -0.25) is 0 Å². The molecule has 6 nitrogen and oxygen atoms in total. The molecule has 0 aliphatic rings. The molecule has 0 saturated heterocycles. The van der Waals surface area contributed by atoms with E-state index >= 15 is 0 Å². The Balaban J connectivity index is 2.82. The van der Waals surface area contributed by atoms with Crippen LogP contribution in [0.5, 0.6) is 0 Å². The minimum atomic E-state index is -3.34. The van der Waals surface area contributed by atoms with Crippen molar-refractivity contribution in [3.63, 3.8) is 0 Å². The third kappa shape index (κ3) is 3.86. The summed E-state index contributed by atoms with van der Waals surface area (Å²) in [6.07, 6.45) is 0. The van der Waals surface area contributed by atoms with Crippen molar-refractivity contribution >= 4 is 15.8 Å². The van der Waals surface area contributed by atoms with E-state index < -0.39 is 15.8 Å². The minimum Gasteiger partial charge on any atom is -0.478 e. The second-order valence-corrected chi connectivity index (χ2v) is 5.76. The summed E-state index contributed by atoms with van der Waals surface area (Å²) in [7, 11) is -1.93. The molecule has 0 fully saturated rings. The van der Waals surface area contributed by atoms with Crippen molar-refractivity contribution in [1.82, 2.24) is 0 Å². The smallest absolute Gasteiger partial charge is 0.339 e. The lowest BCUT2D eigenvalue weighted by Gasteiger charge is -2.00. The highest BCUT2D eigenvalue weighted by Gasteiger charge is 2.19. The summed E-state index contributed by atoms with van der Waals surface area (Å²) in [6.45, 7) is 1.59. The van der Waals surface area contributed by atoms with E-state index in [4.69, 9.17) is 9.52 Å². The first-order valence-corrected chi connectivity index (χ1v) is 6.70. The molecule has 0 unspecified atom stereocenters. The summed E-state index contributed by atoms with van der Waals surface area (Å²) >= 11 is 0. The Labute approximate surface area is 99.1 Å². The first-order chi connectivity index (χ1) is 7.85. The molecule has 0 amide bonds. The van der Waals surface area contributed by atoms with Crippen molar-refractivity contribution in [3.05, 3.63) is 23.2 Å². The molecule has 1 aromatic rings. The summed E-state index contributed by atoms with van der Waals surface area (Å²) in [4.78, 5) is 10.7. The van der Waals surface area contributed by atoms with Gasteiger partial charge in [0.2, 0.25) is 0 Å². The number of carboxylic acids is 1. The highest BCUT2D eigenvalue weighted by atomic mass is 32.2. The fourth-order valence-corrected chi connectivity index (χ4v) is 2.47. The molecule has 1 aromatic heterocycles. The molecule has 17 heavy (non-hydrogen) atoms. The van der Waals surface area contributed by atoms with E-state index in [0.717, 1.165) is 0 Å². The molecule has 0 aromatic carbocycles. The van der Waals surface area contributed by atoms with Gasteiger partial charge in [-0.05, 0) is 13.0 Å². The number of aromatic carboxylic acids is 1. The van der Waals surface area contributed by atoms with E-state index in [-0.39, 0.29) is 35.2 Å². The summed E-state index contributed by atoms with van der Waals surface area (Å²) in [6, 6.07) is 1.24. The topological polar surface area (TPSA) is 93.8 Å².